The van der Waals surface area contributed by atoms with Crippen LogP contribution in [0.15, 0.2) is 0 Å². The monoisotopic (exact) mass is 183 g/mol. The number of hydrogen-bond acceptors (Lipinski definition) is 4. The average Bonchev–Trinajstić information content (AvgIpc) is 2.37. The van der Waals surface area contributed by atoms with Crippen LogP contribution in [0.5, 0.6) is 0 Å². The van der Waals surface area contributed by atoms with Crippen molar-refractivity contribution in [2.45, 2.75) is 12.8 Å². The molecule has 0 unspecified atom stereocenters. The Hall–Kier alpha value is -0.100. The van der Waals surface area contributed by atoms with Gasteiger partial charge in [0.1, 0.15) is 6.61 Å². The van der Waals surface area contributed by atoms with E-state index in [9.17, 15) is 9.59 Å². The van der Waals surface area contributed by atoms with Crippen LogP contribution in [0.25, 0.3) is 0 Å². The quantitative estimate of drug-likeness (QED) is 0.524. The fourth-order valence-electron chi connectivity index (χ4n) is 0.872. The molecule has 5 nitrogen and oxygen atoms in total. The van der Waals surface area contributed by atoms with Gasteiger partial charge in [0.05, 0.1) is 6.54 Å². The summed E-state index contributed by atoms with van der Waals surface area (Å²) in [5, 5.41) is 9.25. The number of hydrogen-bond donors (Lipinski definition) is 1. The fraction of sp³-hybridized carbons (Fsp3) is 0.667. The summed E-state index contributed by atoms with van der Waals surface area (Å²) in [6.07, 6.45) is 1.12. The van der Waals surface area contributed by atoms with E-state index in [1.54, 1.807) is 0 Å². The van der Waals surface area contributed by atoms with Crippen molar-refractivity contribution >= 4 is 41.4 Å². The van der Waals surface area contributed by atoms with Crippen molar-refractivity contribution < 1.29 is 19.5 Å². The first-order valence-corrected chi connectivity index (χ1v) is 3.36. The van der Waals surface area contributed by atoms with Crippen molar-refractivity contribution in [3.05, 3.63) is 0 Å². The van der Waals surface area contributed by atoms with E-state index in [1.807, 2.05) is 0 Å². The second-order valence-corrected chi connectivity index (χ2v) is 2.22. The Kier molecular flexibility index (Phi) is 5.48. The van der Waals surface area contributed by atoms with E-state index in [4.69, 9.17) is 5.11 Å². The van der Waals surface area contributed by atoms with Gasteiger partial charge in [0.25, 0.3) is 5.91 Å². The predicted octanol–water partition coefficient (Wildman–Crippen LogP) is -1.59. The molecule has 0 aromatic rings. The van der Waals surface area contributed by atoms with Gasteiger partial charge in [-0.1, -0.05) is 0 Å². The molecule has 0 radical (unpaired) electrons. The van der Waals surface area contributed by atoms with Gasteiger partial charge in [-0.3, -0.25) is 4.79 Å². The molecule has 0 aliphatic carbocycles. The zero-order valence-electron chi connectivity index (χ0n) is 5.95. The molecule has 0 saturated carbocycles. The van der Waals surface area contributed by atoms with Gasteiger partial charge in [0, 0.05) is 6.42 Å². The van der Waals surface area contributed by atoms with Gasteiger partial charge in [-0.2, -0.15) is 5.06 Å². The molecule has 0 aromatic heterocycles. The van der Waals surface area contributed by atoms with Gasteiger partial charge in [-0.15, -0.1) is 0 Å². The molecule has 0 bridgehead atoms. The van der Waals surface area contributed by atoms with Crippen molar-refractivity contribution in [3.8, 4) is 0 Å². The third-order valence-electron chi connectivity index (χ3n) is 1.37. The van der Waals surface area contributed by atoms with Crippen LogP contribution in [0.2, 0.25) is 0 Å². The number of amides is 1. The zero-order chi connectivity index (χ0) is 8.27. The molecule has 1 rings (SSSR count). The van der Waals surface area contributed by atoms with Crippen LogP contribution in [0.1, 0.15) is 12.8 Å². The Morgan fingerprint density at radius 1 is 1.67 bits per heavy atom. The zero-order valence-corrected chi connectivity index (χ0v) is 5.95. The van der Waals surface area contributed by atoms with Gasteiger partial charge in [0.2, 0.25) is 0 Å². The molecule has 1 amide bonds. The Morgan fingerprint density at radius 2 is 2.33 bits per heavy atom. The topological polar surface area (TPSA) is 66.8 Å². The van der Waals surface area contributed by atoms with E-state index >= 15 is 0 Å². The number of hydroxylamine groups is 2. The number of aliphatic hydroxyl groups is 1. The summed E-state index contributed by atoms with van der Waals surface area (Å²) in [5.74, 6) is -0.993. The summed E-state index contributed by atoms with van der Waals surface area (Å²) in [6, 6.07) is 0. The first-order chi connectivity index (χ1) is 5.24. The Labute approximate surface area is 91.9 Å². The molecule has 6 heteroatoms. The van der Waals surface area contributed by atoms with Gasteiger partial charge in [-0.05, 0) is 6.42 Å². The van der Waals surface area contributed by atoms with E-state index in [-0.39, 0.29) is 35.5 Å². The van der Waals surface area contributed by atoms with Gasteiger partial charge < -0.3 is 9.94 Å². The van der Waals surface area contributed by atoms with E-state index in [2.05, 4.69) is 4.84 Å². The standard InChI is InChI=1S/C6H9NO4.Na.H/c8-4-6(10)11-7-3-1-2-5(7)9;;/h8H,1-4H2;;. The predicted molar refractivity (Wildman–Crippen MR) is 41.3 cm³/mol. The normalized spacial score (nSPS) is 15.8. The second-order valence-electron chi connectivity index (χ2n) is 2.22. The molecule has 1 saturated heterocycles. The maximum absolute atomic E-state index is 10.8. The van der Waals surface area contributed by atoms with E-state index in [0.29, 0.717) is 19.4 Å². The Bertz CT molecular complexity index is 184. The van der Waals surface area contributed by atoms with Crippen LogP contribution < -0.4 is 0 Å². The Balaban J connectivity index is 0.00000121. The van der Waals surface area contributed by atoms with Crippen molar-refractivity contribution in [1.29, 1.82) is 0 Å². The van der Waals surface area contributed by atoms with Crippen molar-refractivity contribution in [1.82, 2.24) is 5.06 Å². The first-order valence-electron chi connectivity index (χ1n) is 3.36. The minimum atomic E-state index is -0.791. The van der Waals surface area contributed by atoms with Crippen molar-refractivity contribution in [3.63, 3.8) is 0 Å². The summed E-state index contributed by atoms with van der Waals surface area (Å²) in [7, 11) is 0. The number of carbonyl (C=O) groups is 2. The number of carbonyl (C=O) groups excluding carboxylic acids is 2. The fourth-order valence-corrected chi connectivity index (χ4v) is 0.872. The number of rotatable bonds is 2. The summed E-state index contributed by atoms with van der Waals surface area (Å²) in [4.78, 5) is 25.7. The first kappa shape index (κ1) is 11.9. The molecule has 1 aliphatic heterocycles. The molecule has 0 spiro atoms. The van der Waals surface area contributed by atoms with Gasteiger partial charge in [0.15, 0.2) is 0 Å². The average molecular weight is 183 g/mol. The van der Waals surface area contributed by atoms with E-state index in [1.165, 1.54) is 0 Å². The SMILES string of the molecule is O=C(CO)ON1CCCC1=O.[NaH]. The summed E-state index contributed by atoms with van der Waals surface area (Å²) >= 11 is 0. The number of nitrogens with zero attached hydrogens (tertiary/aromatic N) is 1. The molecular weight excluding hydrogens is 173 g/mol. The summed E-state index contributed by atoms with van der Waals surface area (Å²) in [6.45, 7) is -0.256. The van der Waals surface area contributed by atoms with Gasteiger partial charge in [-0.25, -0.2) is 4.79 Å². The van der Waals surface area contributed by atoms with Gasteiger partial charge >= 0.3 is 35.5 Å². The van der Waals surface area contributed by atoms with E-state index < -0.39 is 12.6 Å². The summed E-state index contributed by atoms with van der Waals surface area (Å²) < 4.78 is 0. The third-order valence-corrected chi connectivity index (χ3v) is 1.37. The molecule has 1 heterocycles. The minimum absolute atomic E-state index is 0. The Morgan fingerprint density at radius 3 is 2.75 bits per heavy atom. The molecular formula is C6H10NNaO4. The van der Waals surface area contributed by atoms with Crippen molar-refractivity contribution in [2.24, 2.45) is 0 Å². The third kappa shape index (κ3) is 3.10. The molecule has 1 N–H and O–H groups in total. The molecule has 1 aliphatic rings. The molecule has 0 aromatic carbocycles. The summed E-state index contributed by atoms with van der Waals surface area (Å²) in [5.41, 5.74) is 0. The van der Waals surface area contributed by atoms with Crippen molar-refractivity contribution in [2.75, 3.05) is 13.2 Å². The molecule has 64 valence electrons. The van der Waals surface area contributed by atoms with Crippen LogP contribution in [0, 0.1) is 0 Å². The van der Waals surface area contributed by atoms with Crippen LogP contribution in [0.3, 0.4) is 0 Å². The van der Waals surface area contributed by atoms with Crippen LogP contribution in [-0.4, -0.2) is 64.8 Å². The molecule has 0 atom stereocenters. The second kappa shape index (κ2) is 5.53. The van der Waals surface area contributed by atoms with Crippen LogP contribution in [-0.2, 0) is 14.4 Å². The molecule has 12 heavy (non-hydrogen) atoms. The van der Waals surface area contributed by atoms with E-state index in [0.717, 1.165) is 5.06 Å². The molecule has 1 fully saturated rings. The maximum atomic E-state index is 10.8. The number of aliphatic hydroxyl groups excluding tert-OH is 1. The van der Waals surface area contributed by atoms with Crippen LogP contribution in [0.4, 0.5) is 0 Å². The van der Waals surface area contributed by atoms with Crippen LogP contribution >= 0.6 is 0 Å².